The second-order valence-electron chi connectivity index (χ2n) is 8.34. The Bertz CT molecular complexity index is 1380. The topological polar surface area (TPSA) is 99.6 Å². The van der Waals surface area contributed by atoms with E-state index in [2.05, 4.69) is 10.3 Å². The van der Waals surface area contributed by atoms with Crippen LogP contribution >= 0.6 is 11.6 Å². The van der Waals surface area contributed by atoms with Gasteiger partial charge in [0.2, 0.25) is 5.03 Å². The quantitative estimate of drug-likeness (QED) is 0.440. The highest BCUT2D eigenvalue weighted by Crippen LogP contribution is 2.36. The van der Waals surface area contributed by atoms with Crippen molar-refractivity contribution in [1.29, 1.82) is 0 Å². The maximum atomic E-state index is 13.6. The summed E-state index contributed by atoms with van der Waals surface area (Å²) in [5.41, 5.74) is 1.82. The molecule has 0 radical (unpaired) electrons. The molecule has 0 atom stereocenters. The number of nitrogens with zero attached hydrogens (tertiary/aromatic N) is 2. The monoisotopic (exact) mass is 521 g/mol. The van der Waals surface area contributed by atoms with Crippen molar-refractivity contribution in [3.63, 3.8) is 0 Å². The predicted octanol–water partition coefficient (Wildman–Crippen LogP) is 5.33. The summed E-state index contributed by atoms with van der Waals surface area (Å²) < 4.78 is 59.8. The van der Waals surface area contributed by atoms with Crippen LogP contribution in [0.1, 0.15) is 40.2 Å². The first-order valence-electron chi connectivity index (χ1n) is 10.8. The standard InChI is InChI=1S/C24H22ClF2N3O4S/c1-14-12-18(27)6-7-20(14)29-22-19(13-28-23(21(22)25)35(32,33)34)24(31)30-10-8-16(9-11-30)15-2-4-17(26)5-3-15/h2-7,12-13,16H,8-11H2,1H3,(H,28,29)(H,32,33,34). The number of carbonyl (C=O) groups excluding carboxylic acids is 1. The Labute approximate surface area is 206 Å². The van der Waals surface area contributed by atoms with E-state index < -0.39 is 31.9 Å². The molecule has 3 aromatic rings. The van der Waals surface area contributed by atoms with E-state index in [1.165, 1.54) is 30.3 Å². The van der Waals surface area contributed by atoms with Crippen LogP contribution in [-0.4, -0.2) is 41.9 Å². The van der Waals surface area contributed by atoms with Crippen LogP contribution in [0, 0.1) is 18.6 Å². The van der Waals surface area contributed by atoms with Crippen LogP contribution < -0.4 is 5.32 Å². The Kier molecular flexibility index (Phi) is 7.07. The number of piperidine rings is 1. The second kappa shape index (κ2) is 9.88. The molecule has 0 bridgehead atoms. The van der Waals surface area contributed by atoms with Gasteiger partial charge >= 0.3 is 10.1 Å². The fraction of sp³-hybridized carbons (Fsp3) is 0.250. The lowest BCUT2D eigenvalue weighted by Gasteiger charge is -2.33. The van der Waals surface area contributed by atoms with Gasteiger partial charge in [0.05, 0.1) is 11.3 Å². The molecular formula is C24H22ClF2N3O4S. The Morgan fingerprint density at radius 2 is 1.74 bits per heavy atom. The number of rotatable bonds is 5. The van der Waals surface area contributed by atoms with Gasteiger partial charge < -0.3 is 10.2 Å². The molecule has 184 valence electrons. The van der Waals surface area contributed by atoms with Gasteiger partial charge in [-0.15, -0.1) is 0 Å². The number of halogens is 3. The number of carbonyl (C=O) groups is 1. The van der Waals surface area contributed by atoms with Crippen LogP contribution in [0.3, 0.4) is 0 Å². The van der Waals surface area contributed by atoms with Gasteiger partial charge in [0, 0.05) is 25.0 Å². The highest BCUT2D eigenvalue weighted by atomic mass is 35.5. The average Bonchev–Trinajstić information content (AvgIpc) is 2.81. The maximum absolute atomic E-state index is 13.6. The summed E-state index contributed by atoms with van der Waals surface area (Å²) in [7, 11) is -4.77. The van der Waals surface area contributed by atoms with Gasteiger partial charge in [-0.2, -0.15) is 8.42 Å². The largest absolute Gasteiger partial charge is 0.353 e. The average molecular weight is 522 g/mol. The number of amides is 1. The third kappa shape index (κ3) is 5.44. The third-order valence-corrected chi connectivity index (χ3v) is 7.31. The molecule has 2 heterocycles. The molecular weight excluding hydrogens is 500 g/mol. The van der Waals surface area contributed by atoms with Gasteiger partial charge in [-0.05, 0) is 67.1 Å². The zero-order chi connectivity index (χ0) is 25.3. The lowest BCUT2D eigenvalue weighted by Crippen LogP contribution is -2.38. The maximum Gasteiger partial charge on any atom is 0.313 e. The molecule has 4 rings (SSSR count). The summed E-state index contributed by atoms with van der Waals surface area (Å²) in [6.07, 6.45) is 2.35. The molecule has 0 spiro atoms. The lowest BCUT2D eigenvalue weighted by atomic mass is 9.89. The normalized spacial score (nSPS) is 14.7. The summed E-state index contributed by atoms with van der Waals surface area (Å²) in [4.78, 5) is 18.7. The minimum atomic E-state index is -4.77. The van der Waals surface area contributed by atoms with Crippen LogP contribution in [0.5, 0.6) is 0 Å². The summed E-state index contributed by atoms with van der Waals surface area (Å²) >= 11 is 6.29. The molecule has 1 aliphatic heterocycles. The van der Waals surface area contributed by atoms with Crippen molar-refractivity contribution in [2.75, 3.05) is 18.4 Å². The SMILES string of the molecule is Cc1cc(F)ccc1Nc1c(C(=O)N2CCC(c3ccc(F)cc3)CC2)cnc(S(=O)(=O)O)c1Cl. The number of aryl methyl sites for hydroxylation is 1. The Balaban J connectivity index is 1.63. The van der Waals surface area contributed by atoms with Crippen molar-refractivity contribution in [2.45, 2.75) is 30.7 Å². The molecule has 1 saturated heterocycles. The fourth-order valence-electron chi connectivity index (χ4n) is 4.16. The summed E-state index contributed by atoms with van der Waals surface area (Å²) in [5.74, 6) is -1.04. The number of benzene rings is 2. The van der Waals surface area contributed by atoms with Crippen molar-refractivity contribution >= 4 is 39.0 Å². The van der Waals surface area contributed by atoms with E-state index in [1.54, 1.807) is 24.0 Å². The molecule has 35 heavy (non-hydrogen) atoms. The van der Waals surface area contributed by atoms with E-state index in [1.807, 2.05) is 0 Å². The van der Waals surface area contributed by atoms with Crippen molar-refractivity contribution in [1.82, 2.24) is 9.88 Å². The number of hydrogen-bond acceptors (Lipinski definition) is 5. The smallest absolute Gasteiger partial charge is 0.313 e. The first kappa shape index (κ1) is 25.0. The van der Waals surface area contributed by atoms with Crippen molar-refractivity contribution in [3.8, 4) is 0 Å². The highest BCUT2D eigenvalue weighted by molar-refractivity contribution is 7.85. The molecule has 0 aliphatic carbocycles. The number of aromatic nitrogens is 1. The molecule has 7 nitrogen and oxygen atoms in total. The van der Waals surface area contributed by atoms with Crippen LogP contribution in [0.4, 0.5) is 20.2 Å². The fourth-order valence-corrected chi connectivity index (χ4v) is 5.16. The number of nitrogens with one attached hydrogen (secondary N) is 1. The van der Waals surface area contributed by atoms with E-state index >= 15 is 0 Å². The van der Waals surface area contributed by atoms with Gasteiger partial charge in [-0.3, -0.25) is 9.35 Å². The Morgan fingerprint density at radius 3 is 2.34 bits per heavy atom. The van der Waals surface area contributed by atoms with Gasteiger partial charge in [0.1, 0.15) is 16.7 Å². The lowest BCUT2D eigenvalue weighted by molar-refractivity contribution is 0.0713. The van der Waals surface area contributed by atoms with Crippen molar-refractivity contribution in [3.05, 3.63) is 82.0 Å². The van der Waals surface area contributed by atoms with Crippen LogP contribution in [0.2, 0.25) is 5.02 Å². The van der Waals surface area contributed by atoms with E-state index in [0.29, 0.717) is 37.2 Å². The molecule has 1 fully saturated rings. The summed E-state index contributed by atoms with van der Waals surface area (Å²) in [5, 5.41) is 1.66. The molecule has 1 amide bonds. The minimum absolute atomic E-state index is 0.00589. The zero-order valence-corrected chi connectivity index (χ0v) is 20.2. The van der Waals surface area contributed by atoms with Gasteiger partial charge in [0.15, 0.2) is 0 Å². The number of hydrogen-bond donors (Lipinski definition) is 2. The molecule has 2 aromatic carbocycles. The number of anilines is 2. The van der Waals surface area contributed by atoms with Gasteiger partial charge in [-0.25, -0.2) is 13.8 Å². The van der Waals surface area contributed by atoms with Crippen molar-refractivity contribution < 1.29 is 26.5 Å². The molecule has 11 heteroatoms. The van der Waals surface area contributed by atoms with Crippen molar-refractivity contribution in [2.24, 2.45) is 0 Å². The second-order valence-corrected chi connectivity index (χ2v) is 10.1. The van der Waals surface area contributed by atoms with E-state index in [9.17, 15) is 26.5 Å². The molecule has 0 saturated carbocycles. The number of pyridine rings is 1. The molecule has 0 unspecified atom stereocenters. The first-order chi connectivity index (χ1) is 16.5. The summed E-state index contributed by atoms with van der Waals surface area (Å²) in [6, 6.07) is 10.2. The molecule has 1 aromatic heterocycles. The zero-order valence-electron chi connectivity index (χ0n) is 18.6. The Morgan fingerprint density at radius 1 is 1.11 bits per heavy atom. The van der Waals surface area contributed by atoms with E-state index in [-0.39, 0.29) is 23.0 Å². The van der Waals surface area contributed by atoms with Crippen LogP contribution in [-0.2, 0) is 10.1 Å². The van der Waals surface area contributed by atoms with Gasteiger partial charge in [-0.1, -0.05) is 23.7 Å². The van der Waals surface area contributed by atoms with E-state index in [4.69, 9.17) is 11.6 Å². The minimum Gasteiger partial charge on any atom is -0.353 e. The predicted molar refractivity (Wildman–Crippen MR) is 128 cm³/mol. The van der Waals surface area contributed by atoms with E-state index in [0.717, 1.165) is 11.8 Å². The molecule has 1 aliphatic rings. The number of likely N-dealkylation sites (tertiary alicyclic amines) is 1. The van der Waals surface area contributed by atoms with Crippen LogP contribution in [0.15, 0.2) is 53.7 Å². The first-order valence-corrected chi connectivity index (χ1v) is 12.6. The highest BCUT2D eigenvalue weighted by Gasteiger charge is 2.30. The summed E-state index contributed by atoms with van der Waals surface area (Å²) in [6.45, 7) is 2.45. The Hall–Kier alpha value is -3.08. The van der Waals surface area contributed by atoms with Crippen LogP contribution in [0.25, 0.3) is 0 Å². The third-order valence-electron chi connectivity index (χ3n) is 6.03. The van der Waals surface area contributed by atoms with Gasteiger partial charge in [0.25, 0.3) is 5.91 Å². The molecule has 2 N–H and O–H groups in total.